The lowest BCUT2D eigenvalue weighted by Gasteiger charge is -2.11. The van der Waals surface area contributed by atoms with Crippen LogP contribution in [0.15, 0.2) is 76.3 Å². The fourth-order valence-electron chi connectivity index (χ4n) is 3.07. The number of hydrogen-bond acceptors (Lipinski definition) is 7. The smallest absolute Gasteiger partial charge is 0.250 e. The molecule has 2 aromatic carbocycles. The van der Waals surface area contributed by atoms with E-state index in [-0.39, 0.29) is 11.7 Å². The fourth-order valence-corrected chi connectivity index (χ4v) is 4.49. The number of nitrogens with one attached hydrogen (secondary N) is 1. The molecule has 0 bridgehead atoms. The lowest BCUT2D eigenvalue weighted by atomic mass is 10.1. The minimum Gasteiger partial charge on any atom is -0.497 e. The number of thioether (sulfide) groups is 1. The molecule has 0 unspecified atom stereocenters. The van der Waals surface area contributed by atoms with Gasteiger partial charge in [0.05, 0.1) is 18.6 Å². The molecule has 0 aliphatic heterocycles. The minimum atomic E-state index is -0.211. The van der Waals surface area contributed by atoms with E-state index in [1.807, 2.05) is 84.5 Å². The summed E-state index contributed by atoms with van der Waals surface area (Å²) in [6.07, 6.45) is 0. The maximum absolute atomic E-state index is 12.4. The van der Waals surface area contributed by atoms with Gasteiger partial charge in [0.2, 0.25) is 0 Å². The second kappa shape index (κ2) is 10.5. The number of carbonyl (C=O) groups excluding carboxylic acids is 1. The molecule has 0 atom stereocenters. The van der Waals surface area contributed by atoms with Crippen molar-refractivity contribution in [1.82, 2.24) is 20.2 Å². The Morgan fingerprint density at radius 2 is 1.88 bits per heavy atom. The van der Waals surface area contributed by atoms with Gasteiger partial charge in [0.25, 0.3) is 5.91 Å². The number of hydrazone groups is 1. The molecule has 1 amide bonds. The molecule has 7 nitrogen and oxygen atoms in total. The number of benzene rings is 2. The second-order valence-corrected chi connectivity index (χ2v) is 9.09. The first-order valence-electron chi connectivity index (χ1n) is 10.2. The van der Waals surface area contributed by atoms with E-state index in [1.165, 1.54) is 17.3 Å². The van der Waals surface area contributed by atoms with Crippen molar-refractivity contribution in [2.75, 3.05) is 12.9 Å². The highest BCUT2D eigenvalue weighted by Gasteiger charge is 2.17. The predicted molar refractivity (Wildman–Crippen MR) is 133 cm³/mol. The van der Waals surface area contributed by atoms with Crippen LogP contribution in [-0.2, 0) is 4.79 Å². The molecule has 0 aliphatic rings. The summed E-state index contributed by atoms with van der Waals surface area (Å²) in [6.45, 7) is 3.91. The first kappa shape index (κ1) is 22.8. The molecule has 0 aliphatic carbocycles. The zero-order valence-corrected chi connectivity index (χ0v) is 20.1. The molecule has 168 valence electrons. The third kappa shape index (κ3) is 5.50. The van der Waals surface area contributed by atoms with E-state index in [1.54, 1.807) is 18.4 Å². The van der Waals surface area contributed by atoms with Crippen molar-refractivity contribution in [3.63, 3.8) is 0 Å². The van der Waals surface area contributed by atoms with E-state index in [0.717, 1.165) is 27.6 Å². The van der Waals surface area contributed by atoms with E-state index in [4.69, 9.17) is 4.74 Å². The highest BCUT2D eigenvalue weighted by Crippen LogP contribution is 2.29. The number of nitrogens with zero attached hydrogens (tertiary/aromatic N) is 4. The van der Waals surface area contributed by atoms with Gasteiger partial charge in [0, 0.05) is 16.1 Å². The van der Waals surface area contributed by atoms with Crippen LogP contribution >= 0.6 is 23.1 Å². The molecule has 0 radical (unpaired) electrons. The standard InChI is InChI=1S/C24H23N5O2S2/c1-16-6-8-18(9-7-16)23-27-28-24(29(23)19-10-12-20(31-3)13-11-19)33-15-22(30)26-25-17(2)21-5-4-14-32-21/h4-14H,15H2,1-3H3,(H,26,30)/b25-17-. The van der Waals surface area contributed by atoms with E-state index < -0.39 is 0 Å². The first-order chi connectivity index (χ1) is 16.0. The van der Waals surface area contributed by atoms with Crippen LogP contribution in [0.25, 0.3) is 17.1 Å². The van der Waals surface area contributed by atoms with Crippen molar-refractivity contribution < 1.29 is 9.53 Å². The van der Waals surface area contributed by atoms with Gasteiger partial charge in [-0.3, -0.25) is 9.36 Å². The highest BCUT2D eigenvalue weighted by molar-refractivity contribution is 7.99. The van der Waals surface area contributed by atoms with Crippen LogP contribution in [0.3, 0.4) is 0 Å². The number of ether oxygens (including phenoxy) is 1. The van der Waals surface area contributed by atoms with Gasteiger partial charge in [-0.2, -0.15) is 5.10 Å². The summed E-state index contributed by atoms with van der Waals surface area (Å²) < 4.78 is 7.23. The van der Waals surface area contributed by atoms with E-state index in [9.17, 15) is 4.79 Å². The van der Waals surface area contributed by atoms with E-state index in [2.05, 4.69) is 20.7 Å². The number of methoxy groups -OCH3 is 1. The lowest BCUT2D eigenvalue weighted by Crippen LogP contribution is -2.21. The Morgan fingerprint density at radius 3 is 2.55 bits per heavy atom. The van der Waals surface area contributed by atoms with Crippen LogP contribution < -0.4 is 10.2 Å². The summed E-state index contributed by atoms with van der Waals surface area (Å²) in [5.41, 5.74) is 6.38. The van der Waals surface area contributed by atoms with Crippen LogP contribution in [-0.4, -0.2) is 39.2 Å². The van der Waals surface area contributed by atoms with Gasteiger partial charge in [-0.05, 0) is 49.6 Å². The number of carbonyl (C=O) groups is 1. The summed E-state index contributed by atoms with van der Waals surface area (Å²) in [5, 5.41) is 15.6. The average molecular weight is 478 g/mol. The van der Waals surface area contributed by atoms with E-state index in [0.29, 0.717) is 11.0 Å². The molecule has 4 rings (SSSR count). The third-order valence-corrected chi connectivity index (χ3v) is 6.74. The number of amides is 1. The van der Waals surface area contributed by atoms with Crippen LogP contribution in [0, 0.1) is 6.92 Å². The van der Waals surface area contributed by atoms with E-state index >= 15 is 0 Å². The number of rotatable bonds is 8. The van der Waals surface area contributed by atoms with Gasteiger partial charge in [-0.15, -0.1) is 21.5 Å². The SMILES string of the molecule is COc1ccc(-n2c(SCC(=O)N/N=C(/C)c3cccs3)nnc2-c2ccc(C)cc2)cc1. The van der Waals surface area contributed by atoms with Crippen molar-refractivity contribution >= 4 is 34.7 Å². The summed E-state index contributed by atoms with van der Waals surface area (Å²) >= 11 is 2.89. The van der Waals surface area contributed by atoms with Crippen molar-refractivity contribution in [2.45, 2.75) is 19.0 Å². The van der Waals surface area contributed by atoms with Crippen molar-refractivity contribution in [3.05, 3.63) is 76.5 Å². The molecular weight excluding hydrogens is 454 g/mol. The Morgan fingerprint density at radius 1 is 1.12 bits per heavy atom. The van der Waals surface area contributed by atoms with Gasteiger partial charge >= 0.3 is 0 Å². The maximum atomic E-state index is 12.4. The summed E-state index contributed by atoms with van der Waals surface area (Å²) in [7, 11) is 1.63. The predicted octanol–water partition coefficient (Wildman–Crippen LogP) is 4.95. The largest absolute Gasteiger partial charge is 0.497 e. The Balaban J connectivity index is 1.56. The Labute approximate surface area is 200 Å². The monoisotopic (exact) mass is 477 g/mol. The average Bonchev–Trinajstić information content (AvgIpc) is 3.52. The molecule has 0 fully saturated rings. The molecular formula is C24H23N5O2S2. The zero-order valence-electron chi connectivity index (χ0n) is 18.5. The molecule has 0 saturated carbocycles. The van der Waals surface area contributed by atoms with Crippen LogP contribution in [0.5, 0.6) is 5.75 Å². The van der Waals surface area contributed by atoms with Gasteiger partial charge in [0.1, 0.15) is 5.75 Å². The quantitative estimate of drug-likeness (QED) is 0.221. The molecule has 0 saturated heterocycles. The molecule has 4 aromatic rings. The fraction of sp³-hybridized carbons (Fsp3) is 0.167. The van der Waals surface area contributed by atoms with Crippen LogP contribution in [0.2, 0.25) is 0 Å². The molecule has 33 heavy (non-hydrogen) atoms. The van der Waals surface area contributed by atoms with Crippen molar-refractivity contribution in [1.29, 1.82) is 0 Å². The van der Waals surface area contributed by atoms with Gasteiger partial charge < -0.3 is 4.74 Å². The van der Waals surface area contributed by atoms with Crippen molar-refractivity contribution in [2.24, 2.45) is 5.10 Å². The molecule has 2 heterocycles. The Hall–Kier alpha value is -3.43. The van der Waals surface area contributed by atoms with Crippen molar-refractivity contribution in [3.8, 4) is 22.8 Å². The van der Waals surface area contributed by atoms with Gasteiger partial charge in [-0.25, -0.2) is 5.43 Å². The Kier molecular flexibility index (Phi) is 7.21. The first-order valence-corrected chi connectivity index (χ1v) is 12.1. The number of aryl methyl sites for hydroxylation is 1. The zero-order chi connectivity index (χ0) is 23.2. The summed E-state index contributed by atoms with van der Waals surface area (Å²) in [4.78, 5) is 13.4. The second-order valence-electron chi connectivity index (χ2n) is 7.20. The third-order valence-electron chi connectivity index (χ3n) is 4.83. The summed E-state index contributed by atoms with van der Waals surface area (Å²) in [6, 6.07) is 19.7. The topological polar surface area (TPSA) is 81.4 Å². The van der Waals surface area contributed by atoms with Crippen LogP contribution in [0.1, 0.15) is 17.4 Å². The molecule has 1 N–H and O–H groups in total. The molecule has 9 heteroatoms. The highest BCUT2D eigenvalue weighted by atomic mass is 32.2. The van der Waals surface area contributed by atoms with Gasteiger partial charge in [-0.1, -0.05) is 47.7 Å². The van der Waals surface area contributed by atoms with Gasteiger partial charge in [0.15, 0.2) is 11.0 Å². The van der Waals surface area contributed by atoms with Crippen LogP contribution in [0.4, 0.5) is 0 Å². The molecule has 0 spiro atoms. The summed E-state index contributed by atoms with van der Waals surface area (Å²) in [5.74, 6) is 1.41. The normalized spacial score (nSPS) is 11.4. The lowest BCUT2D eigenvalue weighted by molar-refractivity contribution is -0.118. The Bertz CT molecular complexity index is 1250. The number of hydrogen-bond donors (Lipinski definition) is 1. The number of thiophene rings is 1. The number of aromatic nitrogens is 3. The minimum absolute atomic E-state index is 0.156. The maximum Gasteiger partial charge on any atom is 0.250 e. The molecule has 2 aromatic heterocycles.